The molecule has 0 aliphatic carbocycles. The molecular weight excluding hydrogens is 504 g/mol. The van der Waals surface area contributed by atoms with Crippen LogP contribution in [0.2, 0.25) is 0 Å². The van der Waals surface area contributed by atoms with E-state index in [9.17, 15) is 19.2 Å². The largest absolute Gasteiger partial charge is 0.365 e. The van der Waals surface area contributed by atoms with Crippen molar-refractivity contribution in [2.45, 2.75) is 159 Å². The Morgan fingerprint density at radius 2 is 0.875 bits per heavy atom. The highest BCUT2D eigenvalue weighted by Gasteiger charge is 2.34. The molecule has 0 spiro atoms. The Bertz CT molecular complexity index is 693. The molecule has 0 aromatic carbocycles. The van der Waals surface area contributed by atoms with Crippen molar-refractivity contribution in [1.29, 1.82) is 0 Å². The van der Waals surface area contributed by atoms with Crippen molar-refractivity contribution in [3.05, 3.63) is 0 Å². The highest BCUT2D eigenvalue weighted by Crippen LogP contribution is 2.29. The van der Waals surface area contributed by atoms with Crippen LogP contribution in [0.5, 0.6) is 0 Å². The van der Waals surface area contributed by atoms with E-state index in [4.69, 9.17) is 9.78 Å². The maximum absolute atomic E-state index is 13.2. The molecule has 0 rings (SSSR count). The summed E-state index contributed by atoms with van der Waals surface area (Å²) >= 11 is 0. The molecule has 4 unspecified atom stereocenters. The molecule has 0 aliphatic heterocycles. The number of rotatable bonds is 20. The lowest BCUT2D eigenvalue weighted by Gasteiger charge is -2.24. The minimum atomic E-state index is -0.961. The van der Waals surface area contributed by atoms with Gasteiger partial charge in [-0.3, -0.25) is 9.59 Å². The standard InChI is InChI=1S/C34H62O6/c1-11-13-15-17-19-27(29(35)21-25(3)23-33(5,6)7)31(37)39-40-32(38)28(20-18-16-14-12-2)30(36)22-26(4)24-34(8,9)10/h25-28H,11-24H2,1-10H3. The van der Waals surface area contributed by atoms with Crippen molar-refractivity contribution in [2.24, 2.45) is 34.5 Å². The zero-order valence-electron chi connectivity index (χ0n) is 27.7. The summed E-state index contributed by atoms with van der Waals surface area (Å²) in [4.78, 5) is 62.4. The summed E-state index contributed by atoms with van der Waals surface area (Å²) in [6.07, 6.45) is 10.5. The fourth-order valence-corrected chi connectivity index (χ4v) is 5.78. The van der Waals surface area contributed by atoms with E-state index < -0.39 is 23.8 Å². The van der Waals surface area contributed by atoms with Gasteiger partial charge in [-0.2, -0.15) is 0 Å². The number of carbonyl (C=O) groups excluding carboxylic acids is 4. The first-order valence-electron chi connectivity index (χ1n) is 16.0. The molecule has 0 saturated heterocycles. The van der Waals surface area contributed by atoms with Crippen LogP contribution in [0.25, 0.3) is 0 Å². The molecule has 0 N–H and O–H groups in total. The number of hydrogen-bond acceptors (Lipinski definition) is 6. The van der Waals surface area contributed by atoms with Crippen LogP contribution < -0.4 is 0 Å². The first kappa shape index (κ1) is 38.3. The second-order valence-electron chi connectivity index (χ2n) is 14.7. The van der Waals surface area contributed by atoms with Crippen molar-refractivity contribution < 1.29 is 29.0 Å². The zero-order valence-corrected chi connectivity index (χ0v) is 27.7. The van der Waals surface area contributed by atoms with Crippen LogP contribution in [0.3, 0.4) is 0 Å². The van der Waals surface area contributed by atoms with E-state index in [-0.39, 0.29) is 47.1 Å². The predicted octanol–water partition coefficient (Wildman–Crippen LogP) is 9.22. The maximum atomic E-state index is 13.2. The van der Waals surface area contributed by atoms with Crippen molar-refractivity contribution in [3.63, 3.8) is 0 Å². The van der Waals surface area contributed by atoms with Crippen LogP contribution in [0.4, 0.5) is 0 Å². The molecule has 0 amide bonds. The van der Waals surface area contributed by atoms with E-state index in [1.165, 1.54) is 0 Å². The molecule has 0 fully saturated rings. The molecule has 0 aliphatic rings. The first-order valence-corrected chi connectivity index (χ1v) is 16.0. The van der Waals surface area contributed by atoms with Gasteiger partial charge in [-0.15, -0.1) is 0 Å². The van der Waals surface area contributed by atoms with Gasteiger partial charge in [-0.05, 0) is 48.3 Å². The molecule has 6 nitrogen and oxygen atoms in total. The van der Waals surface area contributed by atoms with Crippen LogP contribution >= 0.6 is 0 Å². The van der Waals surface area contributed by atoms with Crippen LogP contribution in [0.1, 0.15) is 159 Å². The maximum Gasteiger partial charge on any atom is 0.365 e. The highest BCUT2D eigenvalue weighted by molar-refractivity contribution is 6.00. The van der Waals surface area contributed by atoms with Gasteiger partial charge in [0, 0.05) is 12.8 Å². The summed E-state index contributed by atoms with van der Waals surface area (Å²) in [6.45, 7) is 21.1. The normalized spacial score (nSPS) is 15.2. The summed E-state index contributed by atoms with van der Waals surface area (Å²) < 4.78 is 0. The Balaban J connectivity index is 5.42. The Hall–Kier alpha value is -1.72. The molecule has 0 bridgehead atoms. The Morgan fingerprint density at radius 1 is 0.550 bits per heavy atom. The molecule has 0 aromatic heterocycles. The van der Waals surface area contributed by atoms with Crippen LogP contribution in [0, 0.1) is 34.5 Å². The van der Waals surface area contributed by atoms with Crippen molar-refractivity contribution in [1.82, 2.24) is 0 Å². The number of carbonyl (C=O) groups is 4. The van der Waals surface area contributed by atoms with Gasteiger partial charge in [0.1, 0.15) is 23.4 Å². The number of unbranched alkanes of at least 4 members (excludes halogenated alkanes) is 6. The van der Waals surface area contributed by atoms with Gasteiger partial charge in [0.05, 0.1) is 0 Å². The average Bonchev–Trinajstić information content (AvgIpc) is 2.79. The molecule has 0 heterocycles. The van der Waals surface area contributed by atoms with Crippen molar-refractivity contribution in [2.75, 3.05) is 0 Å². The average molecular weight is 567 g/mol. The fourth-order valence-electron chi connectivity index (χ4n) is 5.78. The lowest BCUT2D eigenvalue weighted by Crippen LogP contribution is -2.32. The Labute approximate surface area is 246 Å². The molecule has 0 aromatic rings. The second kappa shape index (κ2) is 19.4. The predicted molar refractivity (Wildman–Crippen MR) is 162 cm³/mol. The van der Waals surface area contributed by atoms with E-state index in [0.29, 0.717) is 12.8 Å². The van der Waals surface area contributed by atoms with E-state index in [2.05, 4.69) is 55.4 Å². The van der Waals surface area contributed by atoms with Gasteiger partial charge in [0.25, 0.3) is 0 Å². The Morgan fingerprint density at radius 3 is 1.15 bits per heavy atom. The first-order chi connectivity index (χ1) is 18.5. The highest BCUT2D eigenvalue weighted by atomic mass is 17.2. The molecule has 234 valence electrons. The molecule has 6 heteroatoms. The lowest BCUT2D eigenvalue weighted by molar-refractivity contribution is -0.264. The van der Waals surface area contributed by atoms with Gasteiger partial charge in [0.2, 0.25) is 0 Å². The van der Waals surface area contributed by atoms with Gasteiger partial charge < -0.3 is 0 Å². The third-order valence-corrected chi connectivity index (χ3v) is 7.27. The van der Waals surface area contributed by atoms with Gasteiger partial charge in [-0.25, -0.2) is 19.4 Å². The van der Waals surface area contributed by atoms with E-state index >= 15 is 0 Å². The third-order valence-electron chi connectivity index (χ3n) is 7.27. The topological polar surface area (TPSA) is 86.7 Å². The number of hydrogen-bond donors (Lipinski definition) is 0. The summed E-state index contributed by atoms with van der Waals surface area (Å²) in [5, 5.41) is 0. The summed E-state index contributed by atoms with van der Waals surface area (Å²) in [5.74, 6) is -3.65. The summed E-state index contributed by atoms with van der Waals surface area (Å²) in [5.41, 5.74) is 0.158. The van der Waals surface area contributed by atoms with Crippen molar-refractivity contribution in [3.8, 4) is 0 Å². The van der Waals surface area contributed by atoms with Crippen LogP contribution in [-0.4, -0.2) is 23.5 Å². The van der Waals surface area contributed by atoms with E-state index in [1.54, 1.807) is 0 Å². The summed E-state index contributed by atoms with van der Waals surface area (Å²) in [6, 6.07) is 0. The minimum Gasteiger partial charge on any atom is -0.299 e. The Kier molecular flexibility index (Phi) is 18.6. The summed E-state index contributed by atoms with van der Waals surface area (Å²) in [7, 11) is 0. The lowest BCUT2D eigenvalue weighted by atomic mass is 9.81. The van der Waals surface area contributed by atoms with Crippen molar-refractivity contribution >= 4 is 23.5 Å². The molecule has 0 radical (unpaired) electrons. The molecular formula is C34H62O6. The monoisotopic (exact) mass is 566 g/mol. The zero-order chi connectivity index (χ0) is 30.9. The van der Waals surface area contributed by atoms with Crippen LogP contribution in [-0.2, 0) is 29.0 Å². The number of Topliss-reactive ketones (excluding diaryl/α,β-unsaturated/α-hetero) is 2. The smallest absolute Gasteiger partial charge is 0.299 e. The molecule has 40 heavy (non-hydrogen) atoms. The fraction of sp³-hybridized carbons (Fsp3) is 0.882. The number of ketones is 2. The molecule has 0 saturated carbocycles. The van der Waals surface area contributed by atoms with Crippen LogP contribution in [0.15, 0.2) is 0 Å². The van der Waals surface area contributed by atoms with E-state index in [1.807, 2.05) is 13.8 Å². The quantitative estimate of drug-likeness (QED) is 0.0632. The van der Waals surface area contributed by atoms with E-state index in [0.717, 1.165) is 64.2 Å². The second-order valence-corrected chi connectivity index (χ2v) is 14.7. The minimum absolute atomic E-state index is 0.0788. The third kappa shape index (κ3) is 18.6. The SMILES string of the molecule is CCCCCCC(C(=O)CC(C)CC(C)(C)C)C(=O)OOC(=O)C(CCCCCC)C(=O)CC(C)CC(C)(C)C. The molecule has 4 atom stereocenters. The van der Waals surface area contributed by atoms with Gasteiger partial charge in [0.15, 0.2) is 0 Å². The van der Waals surface area contributed by atoms with Gasteiger partial charge in [-0.1, -0.05) is 121 Å². The van der Waals surface area contributed by atoms with Gasteiger partial charge >= 0.3 is 11.9 Å².